The summed E-state index contributed by atoms with van der Waals surface area (Å²) in [4.78, 5) is 38.8. The van der Waals surface area contributed by atoms with Crippen LogP contribution in [0.2, 0.25) is 0 Å². The molecule has 7 heteroatoms. The zero-order valence-electron chi connectivity index (χ0n) is 13.2. The Morgan fingerprint density at radius 2 is 1.70 bits per heavy atom. The summed E-state index contributed by atoms with van der Waals surface area (Å²) < 4.78 is 0. The maximum Gasteiger partial charge on any atom is 0.313 e. The zero-order valence-corrected chi connectivity index (χ0v) is 13.2. The van der Waals surface area contributed by atoms with E-state index in [9.17, 15) is 14.4 Å². The van der Waals surface area contributed by atoms with E-state index in [1.54, 1.807) is 29.2 Å². The first kappa shape index (κ1) is 17.0. The minimum Gasteiger partial charge on any atom is -0.369 e. The zero-order chi connectivity index (χ0) is 16.8. The fourth-order valence-electron chi connectivity index (χ4n) is 2.50. The lowest BCUT2D eigenvalue weighted by Crippen LogP contribution is -2.51. The molecule has 1 aliphatic rings. The summed E-state index contributed by atoms with van der Waals surface area (Å²) in [5.41, 5.74) is 6.40. The highest BCUT2D eigenvalue weighted by Crippen LogP contribution is 2.11. The number of carbonyl (C=O) groups excluding carboxylic acids is 3. The molecular weight excluding hydrogens is 296 g/mol. The van der Waals surface area contributed by atoms with Gasteiger partial charge in [-0.2, -0.15) is 0 Å². The van der Waals surface area contributed by atoms with Crippen molar-refractivity contribution in [2.75, 3.05) is 38.0 Å². The van der Waals surface area contributed by atoms with Crippen molar-refractivity contribution in [1.82, 2.24) is 9.80 Å². The first-order valence-corrected chi connectivity index (χ1v) is 7.69. The predicted molar refractivity (Wildman–Crippen MR) is 86.7 cm³/mol. The van der Waals surface area contributed by atoms with Gasteiger partial charge in [-0.1, -0.05) is 19.1 Å². The molecule has 23 heavy (non-hydrogen) atoms. The minimum atomic E-state index is -0.641. The Labute approximate surface area is 135 Å². The number of nitrogens with one attached hydrogen (secondary N) is 1. The first-order chi connectivity index (χ1) is 11.0. The second-order valence-electron chi connectivity index (χ2n) is 5.52. The van der Waals surface area contributed by atoms with E-state index >= 15 is 0 Å². The average Bonchev–Trinajstić information content (AvgIpc) is 2.55. The van der Waals surface area contributed by atoms with E-state index in [0.29, 0.717) is 18.8 Å². The third-order valence-electron chi connectivity index (χ3n) is 3.89. The molecule has 0 radical (unpaired) electrons. The van der Waals surface area contributed by atoms with Crippen molar-refractivity contribution in [3.8, 4) is 0 Å². The van der Waals surface area contributed by atoms with E-state index in [1.165, 1.54) is 0 Å². The molecule has 0 atom stereocenters. The molecule has 0 saturated carbocycles. The number of primary amides is 1. The van der Waals surface area contributed by atoms with E-state index in [-0.39, 0.29) is 6.42 Å². The third-order valence-corrected chi connectivity index (χ3v) is 3.89. The topological polar surface area (TPSA) is 95.7 Å². The van der Waals surface area contributed by atoms with Gasteiger partial charge in [-0.15, -0.1) is 0 Å². The van der Waals surface area contributed by atoms with Crippen LogP contribution in [0.4, 0.5) is 5.69 Å². The van der Waals surface area contributed by atoms with Crippen molar-refractivity contribution >= 4 is 23.4 Å². The van der Waals surface area contributed by atoms with Crippen LogP contribution in [0.1, 0.15) is 12.5 Å². The van der Waals surface area contributed by atoms with Gasteiger partial charge in [0, 0.05) is 31.9 Å². The molecule has 1 saturated heterocycles. The van der Waals surface area contributed by atoms with Gasteiger partial charge in [-0.05, 0) is 24.2 Å². The molecule has 3 amide bonds. The molecular formula is C16H22N4O3. The van der Waals surface area contributed by atoms with Crippen LogP contribution in [0.5, 0.6) is 0 Å². The smallest absolute Gasteiger partial charge is 0.313 e. The Kier molecular flexibility index (Phi) is 5.70. The largest absolute Gasteiger partial charge is 0.369 e. The number of piperazine rings is 1. The number of benzene rings is 1. The van der Waals surface area contributed by atoms with Gasteiger partial charge in [-0.3, -0.25) is 14.4 Å². The van der Waals surface area contributed by atoms with Crippen molar-refractivity contribution in [2.45, 2.75) is 13.3 Å². The number of nitrogens with two attached hydrogens (primary N) is 1. The summed E-state index contributed by atoms with van der Waals surface area (Å²) in [7, 11) is 0. The summed E-state index contributed by atoms with van der Waals surface area (Å²) in [5.74, 6) is -1.57. The van der Waals surface area contributed by atoms with E-state index in [1.807, 2.05) is 0 Å². The molecule has 124 valence electrons. The molecule has 0 aliphatic carbocycles. The summed E-state index contributed by atoms with van der Waals surface area (Å²) in [6, 6.07) is 6.70. The summed E-state index contributed by atoms with van der Waals surface area (Å²) in [6.45, 7) is 5.74. The molecule has 3 N–H and O–H groups in total. The lowest BCUT2D eigenvalue weighted by molar-refractivity contribution is -0.144. The number of anilines is 1. The van der Waals surface area contributed by atoms with Gasteiger partial charge in [-0.25, -0.2) is 0 Å². The van der Waals surface area contributed by atoms with Crippen molar-refractivity contribution in [2.24, 2.45) is 5.73 Å². The molecule has 0 bridgehead atoms. The lowest BCUT2D eigenvalue weighted by Gasteiger charge is -2.33. The number of nitrogens with zero attached hydrogens (tertiary/aromatic N) is 2. The summed E-state index contributed by atoms with van der Waals surface area (Å²) >= 11 is 0. The van der Waals surface area contributed by atoms with Crippen LogP contribution in [-0.4, -0.2) is 60.2 Å². The maximum atomic E-state index is 12.1. The van der Waals surface area contributed by atoms with Gasteiger partial charge < -0.3 is 20.9 Å². The number of hydrogen-bond acceptors (Lipinski definition) is 4. The standard InChI is InChI=1S/C16H22N4O3/c1-2-19-7-9-20(10-8-19)16(23)15(22)18-13-5-3-12(4-6-13)11-14(17)21/h3-6H,2,7-11H2,1H3,(H2,17,21)(H,18,22). The number of amides is 3. The van der Waals surface area contributed by atoms with Gasteiger partial charge in [0.05, 0.1) is 6.42 Å². The number of hydrogen-bond donors (Lipinski definition) is 2. The Balaban J connectivity index is 1.88. The van der Waals surface area contributed by atoms with E-state index in [2.05, 4.69) is 17.1 Å². The average molecular weight is 318 g/mol. The Morgan fingerprint density at radius 1 is 1.09 bits per heavy atom. The Hall–Kier alpha value is -2.41. The molecule has 1 aliphatic heterocycles. The monoisotopic (exact) mass is 318 g/mol. The van der Waals surface area contributed by atoms with Crippen molar-refractivity contribution in [1.29, 1.82) is 0 Å². The molecule has 0 spiro atoms. The SMILES string of the molecule is CCN1CCN(C(=O)C(=O)Nc2ccc(CC(N)=O)cc2)CC1. The molecule has 7 nitrogen and oxygen atoms in total. The third kappa shape index (κ3) is 4.79. The highest BCUT2D eigenvalue weighted by molar-refractivity contribution is 6.39. The highest BCUT2D eigenvalue weighted by Gasteiger charge is 2.25. The van der Waals surface area contributed by atoms with Crippen LogP contribution in [0.25, 0.3) is 0 Å². The second kappa shape index (κ2) is 7.73. The molecule has 0 unspecified atom stereocenters. The Morgan fingerprint density at radius 3 is 2.22 bits per heavy atom. The van der Waals surface area contributed by atoms with Crippen LogP contribution in [0, 0.1) is 0 Å². The first-order valence-electron chi connectivity index (χ1n) is 7.69. The van der Waals surface area contributed by atoms with E-state index in [4.69, 9.17) is 5.73 Å². The van der Waals surface area contributed by atoms with Crippen molar-refractivity contribution < 1.29 is 14.4 Å². The van der Waals surface area contributed by atoms with Gasteiger partial charge in [0.25, 0.3) is 0 Å². The molecule has 1 fully saturated rings. The van der Waals surface area contributed by atoms with Gasteiger partial charge in [0.2, 0.25) is 5.91 Å². The molecule has 1 heterocycles. The molecule has 1 aromatic rings. The predicted octanol–water partition coefficient (Wildman–Crippen LogP) is -0.183. The molecule has 0 aromatic heterocycles. The maximum absolute atomic E-state index is 12.1. The van der Waals surface area contributed by atoms with Crippen molar-refractivity contribution in [3.05, 3.63) is 29.8 Å². The molecule has 1 aromatic carbocycles. The second-order valence-corrected chi connectivity index (χ2v) is 5.52. The number of likely N-dealkylation sites (N-methyl/N-ethyl adjacent to an activating group) is 1. The fraction of sp³-hybridized carbons (Fsp3) is 0.438. The summed E-state index contributed by atoms with van der Waals surface area (Å²) in [5, 5.41) is 2.58. The van der Waals surface area contributed by atoms with Crippen molar-refractivity contribution in [3.63, 3.8) is 0 Å². The van der Waals surface area contributed by atoms with Crippen LogP contribution >= 0.6 is 0 Å². The van der Waals surface area contributed by atoms with Crippen LogP contribution in [-0.2, 0) is 20.8 Å². The molecule has 2 rings (SSSR count). The number of carbonyl (C=O) groups is 3. The van der Waals surface area contributed by atoms with Crippen LogP contribution in [0.3, 0.4) is 0 Å². The quantitative estimate of drug-likeness (QED) is 0.753. The summed E-state index contributed by atoms with van der Waals surface area (Å²) in [6.07, 6.45) is 0.148. The Bertz CT molecular complexity index is 577. The van der Waals surface area contributed by atoms with Gasteiger partial charge >= 0.3 is 11.8 Å². The van der Waals surface area contributed by atoms with Gasteiger partial charge in [0.1, 0.15) is 0 Å². The normalized spacial score (nSPS) is 15.3. The highest BCUT2D eigenvalue weighted by atomic mass is 16.2. The number of rotatable bonds is 4. The van der Waals surface area contributed by atoms with E-state index < -0.39 is 17.7 Å². The van der Waals surface area contributed by atoms with Gasteiger partial charge in [0.15, 0.2) is 0 Å². The lowest BCUT2D eigenvalue weighted by atomic mass is 10.1. The van der Waals surface area contributed by atoms with E-state index in [0.717, 1.165) is 25.2 Å². The van der Waals surface area contributed by atoms with Crippen LogP contribution in [0.15, 0.2) is 24.3 Å². The van der Waals surface area contributed by atoms with Crippen LogP contribution < -0.4 is 11.1 Å². The fourth-order valence-corrected chi connectivity index (χ4v) is 2.50. The minimum absolute atomic E-state index is 0.148.